The number of amides is 1. The van der Waals surface area contributed by atoms with Crippen LogP contribution in [0.5, 0.6) is 0 Å². The van der Waals surface area contributed by atoms with Crippen molar-refractivity contribution in [1.82, 2.24) is 9.88 Å². The van der Waals surface area contributed by atoms with Crippen molar-refractivity contribution in [3.63, 3.8) is 0 Å². The van der Waals surface area contributed by atoms with Crippen molar-refractivity contribution in [2.75, 3.05) is 20.3 Å². The molecule has 0 aliphatic heterocycles. The topological polar surface area (TPSA) is 63.5 Å². The van der Waals surface area contributed by atoms with E-state index in [-0.39, 0.29) is 18.6 Å². The zero-order valence-corrected chi connectivity index (χ0v) is 14.2. The van der Waals surface area contributed by atoms with Gasteiger partial charge in [-0.3, -0.25) is 4.79 Å². The van der Waals surface area contributed by atoms with Crippen LogP contribution in [0, 0.1) is 5.92 Å². The number of hydrogen-bond donors (Lipinski definition) is 2. The molecular weight excluding hydrogens is 304 g/mol. The molecule has 0 radical (unpaired) electrons. The first-order valence-electron chi connectivity index (χ1n) is 8.72. The molecule has 1 fully saturated rings. The molecule has 0 unspecified atom stereocenters. The van der Waals surface area contributed by atoms with Crippen molar-refractivity contribution < 1.29 is 14.6 Å². The number of aliphatic hydroxyl groups is 1. The Balaban J connectivity index is 1.76. The summed E-state index contributed by atoms with van der Waals surface area (Å²) in [5, 5.41) is 13.5. The third-order valence-corrected chi connectivity index (χ3v) is 5.00. The van der Waals surface area contributed by atoms with Gasteiger partial charge in [-0.1, -0.05) is 18.2 Å². The molecule has 5 nitrogen and oxygen atoms in total. The van der Waals surface area contributed by atoms with Gasteiger partial charge >= 0.3 is 0 Å². The van der Waals surface area contributed by atoms with Crippen LogP contribution in [0.1, 0.15) is 36.2 Å². The van der Waals surface area contributed by atoms with E-state index < -0.39 is 0 Å². The molecule has 0 atom stereocenters. The van der Waals surface area contributed by atoms with Crippen LogP contribution in [-0.4, -0.2) is 41.9 Å². The van der Waals surface area contributed by atoms with Crippen LogP contribution in [0.2, 0.25) is 0 Å². The summed E-state index contributed by atoms with van der Waals surface area (Å²) in [6.07, 6.45) is 3.84. The molecule has 130 valence electrons. The summed E-state index contributed by atoms with van der Waals surface area (Å²) in [4.78, 5) is 12.8. The van der Waals surface area contributed by atoms with Crippen molar-refractivity contribution in [2.24, 2.45) is 5.92 Å². The van der Waals surface area contributed by atoms with Gasteiger partial charge in [-0.15, -0.1) is 0 Å². The third kappa shape index (κ3) is 3.62. The average Bonchev–Trinajstić information content (AvgIpc) is 2.99. The summed E-state index contributed by atoms with van der Waals surface area (Å²) in [7, 11) is 1.67. The number of rotatable bonds is 6. The number of hydrogen-bond acceptors (Lipinski definition) is 3. The Labute approximate surface area is 142 Å². The smallest absolute Gasteiger partial charge is 0.268 e. The number of benzene rings is 1. The number of methoxy groups -OCH3 is 1. The fraction of sp³-hybridized carbons (Fsp3) is 0.526. The molecule has 1 aliphatic carbocycles. The lowest BCUT2D eigenvalue weighted by molar-refractivity contribution is 0.0902. The predicted molar refractivity (Wildman–Crippen MR) is 94.1 cm³/mol. The molecule has 1 amide bonds. The number of carbonyl (C=O) groups excluding carboxylic acids is 1. The first kappa shape index (κ1) is 17.0. The molecule has 0 spiro atoms. The van der Waals surface area contributed by atoms with Gasteiger partial charge in [-0.05, 0) is 43.7 Å². The van der Waals surface area contributed by atoms with Crippen molar-refractivity contribution in [3.05, 3.63) is 36.0 Å². The van der Waals surface area contributed by atoms with Gasteiger partial charge in [-0.2, -0.15) is 0 Å². The van der Waals surface area contributed by atoms with Crippen molar-refractivity contribution in [3.8, 4) is 0 Å². The maximum Gasteiger partial charge on any atom is 0.268 e. The Morgan fingerprint density at radius 3 is 2.75 bits per heavy atom. The highest BCUT2D eigenvalue weighted by Crippen LogP contribution is 2.25. The van der Waals surface area contributed by atoms with E-state index in [9.17, 15) is 9.90 Å². The maximum absolute atomic E-state index is 12.8. The maximum atomic E-state index is 12.8. The standard InChI is InChI=1S/C19H26N2O3/c1-24-11-10-21-17-5-3-2-4-15(17)12-18(21)19(23)20-16-8-6-14(13-22)7-9-16/h2-5,12,14,16,22H,6-11,13H2,1H3,(H,20,23). The molecule has 1 heterocycles. The summed E-state index contributed by atoms with van der Waals surface area (Å²) in [5.74, 6) is 0.376. The molecule has 3 rings (SSSR count). The second-order valence-corrected chi connectivity index (χ2v) is 6.61. The Morgan fingerprint density at radius 2 is 2.04 bits per heavy atom. The number of ether oxygens (including phenoxy) is 1. The summed E-state index contributed by atoms with van der Waals surface area (Å²) >= 11 is 0. The van der Waals surface area contributed by atoms with Crippen molar-refractivity contribution in [1.29, 1.82) is 0 Å². The number of nitrogens with one attached hydrogen (secondary N) is 1. The van der Waals surface area contributed by atoms with Gasteiger partial charge < -0.3 is 19.7 Å². The Hall–Kier alpha value is -1.85. The molecule has 1 saturated carbocycles. The number of nitrogens with zero attached hydrogens (tertiary/aromatic N) is 1. The second kappa shape index (κ2) is 7.81. The molecule has 2 N–H and O–H groups in total. The van der Waals surface area contributed by atoms with Crippen molar-refractivity contribution in [2.45, 2.75) is 38.3 Å². The first-order chi connectivity index (χ1) is 11.7. The van der Waals surface area contributed by atoms with Gasteiger partial charge in [0, 0.05) is 37.2 Å². The molecule has 1 aromatic carbocycles. The minimum absolute atomic E-state index is 0.0187. The van der Waals surface area contributed by atoms with Crippen LogP contribution in [0.15, 0.2) is 30.3 Å². The van der Waals surface area contributed by atoms with E-state index in [0.717, 1.165) is 36.6 Å². The van der Waals surface area contributed by atoms with E-state index in [1.165, 1.54) is 0 Å². The van der Waals surface area contributed by atoms with Crippen LogP contribution < -0.4 is 5.32 Å². The van der Waals surface area contributed by atoms with Crippen LogP contribution in [-0.2, 0) is 11.3 Å². The summed E-state index contributed by atoms with van der Waals surface area (Å²) < 4.78 is 7.23. The highest BCUT2D eigenvalue weighted by molar-refractivity contribution is 5.98. The quantitative estimate of drug-likeness (QED) is 0.856. The molecular formula is C19H26N2O3. The van der Waals surface area contributed by atoms with Crippen LogP contribution >= 0.6 is 0 Å². The van der Waals surface area contributed by atoms with E-state index >= 15 is 0 Å². The van der Waals surface area contributed by atoms with Gasteiger partial charge in [-0.25, -0.2) is 0 Å². The first-order valence-corrected chi connectivity index (χ1v) is 8.72. The van der Waals surface area contributed by atoms with E-state index in [0.29, 0.717) is 24.8 Å². The van der Waals surface area contributed by atoms with Crippen LogP contribution in [0.3, 0.4) is 0 Å². The second-order valence-electron chi connectivity index (χ2n) is 6.61. The molecule has 1 aromatic heterocycles. The van der Waals surface area contributed by atoms with Crippen LogP contribution in [0.4, 0.5) is 0 Å². The number of fused-ring (bicyclic) bond motifs is 1. The zero-order chi connectivity index (χ0) is 16.9. The summed E-state index contributed by atoms with van der Waals surface area (Å²) in [5.41, 5.74) is 1.75. The fourth-order valence-electron chi connectivity index (χ4n) is 3.57. The predicted octanol–water partition coefficient (Wildman–Crippen LogP) is 2.57. The lowest BCUT2D eigenvalue weighted by atomic mass is 9.86. The monoisotopic (exact) mass is 330 g/mol. The molecule has 5 heteroatoms. The fourth-order valence-corrected chi connectivity index (χ4v) is 3.57. The van der Waals surface area contributed by atoms with Gasteiger partial charge in [0.05, 0.1) is 6.61 Å². The van der Waals surface area contributed by atoms with Gasteiger partial charge in [0.2, 0.25) is 0 Å². The van der Waals surface area contributed by atoms with E-state index in [4.69, 9.17) is 4.74 Å². The van der Waals surface area contributed by atoms with E-state index in [2.05, 4.69) is 5.32 Å². The number of carbonyl (C=O) groups is 1. The number of aliphatic hydroxyl groups excluding tert-OH is 1. The van der Waals surface area contributed by atoms with Gasteiger partial charge in [0.1, 0.15) is 5.69 Å². The molecule has 1 aliphatic rings. The largest absolute Gasteiger partial charge is 0.396 e. The summed E-state index contributed by atoms with van der Waals surface area (Å²) in [6, 6.07) is 10.2. The minimum Gasteiger partial charge on any atom is -0.396 e. The van der Waals surface area contributed by atoms with Crippen LogP contribution in [0.25, 0.3) is 10.9 Å². The normalized spacial score (nSPS) is 21.1. The SMILES string of the molecule is COCCn1c(C(=O)NC2CCC(CO)CC2)cc2ccccc21. The summed E-state index contributed by atoms with van der Waals surface area (Å²) in [6.45, 7) is 1.48. The molecule has 24 heavy (non-hydrogen) atoms. The van der Waals surface area contributed by atoms with E-state index in [1.807, 2.05) is 34.9 Å². The van der Waals surface area contributed by atoms with Gasteiger partial charge in [0.15, 0.2) is 0 Å². The zero-order valence-electron chi connectivity index (χ0n) is 14.2. The van der Waals surface area contributed by atoms with Gasteiger partial charge in [0.25, 0.3) is 5.91 Å². The number of aromatic nitrogens is 1. The lowest BCUT2D eigenvalue weighted by Gasteiger charge is -2.28. The Morgan fingerprint density at radius 1 is 1.29 bits per heavy atom. The van der Waals surface area contributed by atoms with Crippen molar-refractivity contribution >= 4 is 16.8 Å². The third-order valence-electron chi connectivity index (χ3n) is 5.00. The minimum atomic E-state index is -0.0187. The van der Waals surface area contributed by atoms with E-state index in [1.54, 1.807) is 7.11 Å². The number of para-hydroxylation sites is 1. The average molecular weight is 330 g/mol. The molecule has 2 aromatic rings. The molecule has 0 bridgehead atoms. The highest BCUT2D eigenvalue weighted by Gasteiger charge is 2.24. The Kier molecular flexibility index (Phi) is 5.53. The lowest BCUT2D eigenvalue weighted by Crippen LogP contribution is -2.39. The Bertz CT molecular complexity index is 687. The molecule has 0 saturated heterocycles. The highest BCUT2D eigenvalue weighted by atomic mass is 16.5.